The van der Waals surface area contributed by atoms with E-state index in [4.69, 9.17) is 0 Å². The molecule has 0 saturated carbocycles. The summed E-state index contributed by atoms with van der Waals surface area (Å²) in [4.78, 5) is 7.36. The van der Waals surface area contributed by atoms with Gasteiger partial charge in [0.05, 0.1) is 0 Å². The summed E-state index contributed by atoms with van der Waals surface area (Å²) in [6.07, 6.45) is 3.81. The minimum absolute atomic E-state index is 0.179. The molecule has 70 valence electrons. The summed E-state index contributed by atoms with van der Waals surface area (Å²) in [5.41, 5.74) is 0.764. The second-order valence-corrected chi connectivity index (χ2v) is 2.28. The normalized spacial score (nSPS) is 12.4. The van der Waals surface area contributed by atoms with Crippen molar-refractivity contribution in [1.82, 2.24) is 0 Å². The van der Waals surface area contributed by atoms with Crippen LogP contribution >= 0.6 is 0 Å². The topological polar surface area (TPSA) is 45.0 Å². The fraction of sp³-hybridized carbons (Fsp3) is 0.200. The summed E-state index contributed by atoms with van der Waals surface area (Å²) >= 11 is 0. The number of aliphatic hydroxyl groups is 1. The number of hydrogen-bond donors (Lipinski definition) is 1. The number of aliphatic hydroxyl groups excluding tert-OH is 1. The molecule has 1 N–H and O–H groups in total. The lowest BCUT2D eigenvalue weighted by Gasteiger charge is -2.00. The Morgan fingerprint density at radius 2 is 2.15 bits per heavy atom. The lowest BCUT2D eigenvalue weighted by atomic mass is 10.2. The summed E-state index contributed by atoms with van der Waals surface area (Å²) < 4.78 is 0. The number of hydrogen-bond acceptors (Lipinski definition) is 3. The predicted octanol–water partition coefficient (Wildman–Crippen LogP) is 2.64. The molecule has 0 aromatic carbocycles. The van der Waals surface area contributed by atoms with E-state index in [9.17, 15) is 5.11 Å². The molecule has 0 rings (SSSR count). The Balaban J connectivity index is 4.89. The molecular formula is C10H14N2O. The molecule has 0 atom stereocenters. The molecule has 0 saturated heterocycles. The van der Waals surface area contributed by atoms with Gasteiger partial charge in [-0.15, -0.1) is 0 Å². The SMILES string of the molecule is C=CC(=C)/C(N=C)=C(O)\N=C/CC. The first-order chi connectivity index (χ1) is 6.17. The maximum absolute atomic E-state index is 9.38. The van der Waals surface area contributed by atoms with Crippen molar-refractivity contribution < 1.29 is 5.11 Å². The van der Waals surface area contributed by atoms with Crippen LogP contribution in [0.2, 0.25) is 0 Å². The molecule has 0 radical (unpaired) electrons. The zero-order valence-corrected chi connectivity index (χ0v) is 7.82. The van der Waals surface area contributed by atoms with Crippen molar-refractivity contribution in [3.05, 3.63) is 36.4 Å². The summed E-state index contributed by atoms with van der Waals surface area (Å²) in [5, 5.41) is 9.38. The van der Waals surface area contributed by atoms with Gasteiger partial charge in [-0.3, -0.25) is 4.99 Å². The standard InChI is InChI=1S/C10H14N2O/c1-5-7-12-10(13)9(11-4)8(3)6-2/h6-7,13H,2-5H2,1H3/b10-9-,12-7-. The van der Waals surface area contributed by atoms with E-state index in [1.807, 2.05) is 6.92 Å². The van der Waals surface area contributed by atoms with Gasteiger partial charge in [0.1, 0.15) is 5.70 Å². The molecule has 0 heterocycles. The quantitative estimate of drug-likeness (QED) is 0.392. The largest absolute Gasteiger partial charge is 0.492 e. The molecule has 0 aromatic rings. The first-order valence-corrected chi connectivity index (χ1v) is 3.91. The number of rotatable bonds is 5. The van der Waals surface area contributed by atoms with Gasteiger partial charge in [-0.2, -0.15) is 0 Å². The zero-order valence-electron chi connectivity index (χ0n) is 7.82. The third kappa shape index (κ3) is 3.51. The third-order valence-electron chi connectivity index (χ3n) is 1.32. The Morgan fingerprint density at radius 1 is 1.54 bits per heavy atom. The molecule has 0 spiro atoms. The Morgan fingerprint density at radius 3 is 2.54 bits per heavy atom. The van der Waals surface area contributed by atoms with E-state index in [1.165, 1.54) is 6.08 Å². The highest BCUT2D eigenvalue weighted by Crippen LogP contribution is 2.14. The summed E-state index contributed by atoms with van der Waals surface area (Å²) in [5.74, 6) is -0.179. The Labute approximate surface area is 78.5 Å². The van der Waals surface area contributed by atoms with Crippen molar-refractivity contribution in [2.24, 2.45) is 9.98 Å². The first kappa shape index (κ1) is 11.4. The molecule has 0 aromatic heterocycles. The van der Waals surface area contributed by atoms with Gasteiger partial charge in [0.15, 0.2) is 0 Å². The van der Waals surface area contributed by atoms with Gasteiger partial charge < -0.3 is 5.11 Å². The lowest BCUT2D eigenvalue weighted by Crippen LogP contribution is -1.88. The van der Waals surface area contributed by atoms with Gasteiger partial charge in [0.25, 0.3) is 0 Å². The lowest BCUT2D eigenvalue weighted by molar-refractivity contribution is 0.401. The van der Waals surface area contributed by atoms with Gasteiger partial charge >= 0.3 is 0 Å². The van der Waals surface area contributed by atoms with Crippen LogP contribution in [0, 0.1) is 0 Å². The van der Waals surface area contributed by atoms with Gasteiger partial charge in [0, 0.05) is 6.21 Å². The first-order valence-electron chi connectivity index (χ1n) is 3.91. The summed E-state index contributed by atoms with van der Waals surface area (Å²) in [6, 6.07) is 0. The maximum atomic E-state index is 9.38. The zero-order chi connectivity index (χ0) is 10.3. The van der Waals surface area contributed by atoms with Gasteiger partial charge in [0.2, 0.25) is 5.88 Å². The molecule has 0 unspecified atom stereocenters. The smallest absolute Gasteiger partial charge is 0.237 e. The van der Waals surface area contributed by atoms with E-state index in [0.29, 0.717) is 5.57 Å². The van der Waals surface area contributed by atoms with Crippen LogP contribution < -0.4 is 0 Å². The van der Waals surface area contributed by atoms with E-state index in [0.717, 1.165) is 6.42 Å². The minimum atomic E-state index is -0.179. The number of aliphatic imine (C=N–C) groups is 2. The van der Waals surface area contributed by atoms with Crippen LogP contribution in [0.4, 0.5) is 0 Å². The highest BCUT2D eigenvalue weighted by Gasteiger charge is 2.02. The Kier molecular flexibility index (Phi) is 5.19. The van der Waals surface area contributed by atoms with Gasteiger partial charge in [-0.1, -0.05) is 26.2 Å². The van der Waals surface area contributed by atoms with Crippen molar-refractivity contribution in [2.45, 2.75) is 13.3 Å². The number of allylic oxidation sites excluding steroid dienone is 1. The van der Waals surface area contributed by atoms with Crippen LogP contribution in [0.5, 0.6) is 0 Å². The van der Waals surface area contributed by atoms with E-state index >= 15 is 0 Å². The molecule has 3 heteroatoms. The average molecular weight is 178 g/mol. The fourth-order valence-electron chi connectivity index (χ4n) is 0.651. The van der Waals surface area contributed by atoms with E-state index in [-0.39, 0.29) is 11.6 Å². The molecule has 0 amide bonds. The van der Waals surface area contributed by atoms with Crippen molar-refractivity contribution in [2.75, 3.05) is 0 Å². The number of nitrogens with zero attached hydrogens (tertiary/aromatic N) is 2. The van der Waals surface area contributed by atoms with Crippen molar-refractivity contribution in [1.29, 1.82) is 0 Å². The van der Waals surface area contributed by atoms with Crippen LogP contribution in [-0.2, 0) is 0 Å². The molecule has 0 bridgehead atoms. The highest BCUT2D eigenvalue weighted by atomic mass is 16.3. The van der Waals surface area contributed by atoms with Crippen molar-refractivity contribution >= 4 is 12.9 Å². The van der Waals surface area contributed by atoms with E-state index < -0.39 is 0 Å². The molecular weight excluding hydrogens is 164 g/mol. The van der Waals surface area contributed by atoms with Crippen LogP contribution in [0.25, 0.3) is 0 Å². The van der Waals surface area contributed by atoms with Crippen LogP contribution in [0.3, 0.4) is 0 Å². The highest BCUT2D eigenvalue weighted by molar-refractivity contribution is 5.58. The average Bonchev–Trinajstić information content (AvgIpc) is 2.15. The molecule has 0 fully saturated rings. The molecule has 0 aliphatic heterocycles. The van der Waals surface area contributed by atoms with Gasteiger partial charge in [-0.25, -0.2) is 4.99 Å². The molecule has 0 aliphatic rings. The summed E-state index contributed by atoms with van der Waals surface area (Å²) in [6.45, 7) is 12.4. The van der Waals surface area contributed by atoms with E-state index in [1.54, 1.807) is 6.21 Å². The second kappa shape index (κ2) is 5.94. The molecule has 3 nitrogen and oxygen atoms in total. The van der Waals surface area contributed by atoms with Crippen LogP contribution in [0.15, 0.2) is 46.4 Å². The molecule has 13 heavy (non-hydrogen) atoms. The van der Waals surface area contributed by atoms with Crippen LogP contribution in [0.1, 0.15) is 13.3 Å². The summed E-state index contributed by atoms with van der Waals surface area (Å²) in [7, 11) is 0. The predicted molar refractivity (Wildman–Crippen MR) is 57.3 cm³/mol. The van der Waals surface area contributed by atoms with Crippen molar-refractivity contribution in [3.8, 4) is 0 Å². The Hall–Kier alpha value is -1.64. The third-order valence-corrected chi connectivity index (χ3v) is 1.32. The van der Waals surface area contributed by atoms with Crippen molar-refractivity contribution in [3.63, 3.8) is 0 Å². The minimum Gasteiger partial charge on any atom is -0.492 e. The fourth-order valence-corrected chi connectivity index (χ4v) is 0.651. The molecule has 0 aliphatic carbocycles. The Bertz CT molecular complexity index is 275. The van der Waals surface area contributed by atoms with Crippen LogP contribution in [-0.4, -0.2) is 18.0 Å². The monoisotopic (exact) mass is 178 g/mol. The second-order valence-electron chi connectivity index (χ2n) is 2.28. The van der Waals surface area contributed by atoms with Gasteiger partial charge in [-0.05, 0) is 18.7 Å². The van der Waals surface area contributed by atoms with E-state index in [2.05, 4.69) is 29.9 Å². The maximum Gasteiger partial charge on any atom is 0.237 e.